The minimum Gasteiger partial charge on any atom is -0.378 e. The van der Waals surface area contributed by atoms with Gasteiger partial charge in [-0.05, 0) is 54.8 Å². The number of alkyl halides is 1. The third-order valence-electron chi connectivity index (χ3n) is 7.34. The first-order chi connectivity index (χ1) is 16.1. The second-order valence-electron chi connectivity index (χ2n) is 9.38. The molecule has 0 radical (unpaired) electrons. The van der Waals surface area contributed by atoms with Crippen LogP contribution in [0, 0.1) is 11.3 Å². The lowest BCUT2D eigenvalue weighted by Crippen LogP contribution is -2.49. The molecule has 2 N–H and O–H groups in total. The van der Waals surface area contributed by atoms with Gasteiger partial charge in [-0.15, -0.1) is 0 Å². The summed E-state index contributed by atoms with van der Waals surface area (Å²) in [5, 5.41) is 17.0. The number of fused-ring (bicyclic) bond motifs is 3. The average Bonchev–Trinajstić information content (AvgIpc) is 3.41. The van der Waals surface area contributed by atoms with Crippen molar-refractivity contribution in [2.75, 3.05) is 37.6 Å². The minimum absolute atomic E-state index is 0.154. The zero-order valence-corrected chi connectivity index (χ0v) is 18.7. The van der Waals surface area contributed by atoms with Crippen LogP contribution in [-0.4, -0.2) is 60.9 Å². The molecule has 4 heterocycles. The molecular formula is C26H27FN6. The Bertz CT molecular complexity index is 1260. The van der Waals surface area contributed by atoms with Gasteiger partial charge in [-0.25, -0.2) is 4.39 Å². The Balaban J connectivity index is 1.30. The fraction of sp³-hybridized carbons (Fsp3) is 0.385. The lowest BCUT2D eigenvalue weighted by atomic mass is 9.96. The van der Waals surface area contributed by atoms with Crippen molar-refractivity contribution in [3.63, 3.8) is 0 Å². The van der Waals surface area contributed by atoms with E-state index in [1.54, 1.807) is 6.20 Å². The summed E-state index contributed by atoms with van der Waals surface area (Å²) in [5.41, 5.74) is 7.67. The molecule has 1 aliphatic carbocycles. The van der Waals surface area contributed by atoms with Crippen LogP contribution in [0.2, 0.25) is 0 Å². The number of pyridine rings is 1. The number of anilines is 1. The molecule has 2 aromatic rings. The van der Waals surface area contributed by atoms with Crippen LogP contribution in [-0.2, 0) is 0 Å². The molecule has 33 heavy (non-hydrogen) atoms. The van der Waals surface area contributed by atoms with Crippen molar-refractivity contribution < 1.29 is 4.39 Å². The molecule has 3 atom stereocenters. The Morgan fingerprint density at radius 3 is 2.97 bits per heavy atom. The topological polar surface area (TPSA) is 67.2 Å². The summed E-state index contributed by atoms with van der Waals surface area (Å²) in [6, 6.07) is 10.4. The maximum Gasteiger partial charge on any atom is 0.134 e. The molecule has 0 saturated carbocycles. The number of aromatic nitrogens is 1. The van der Waals surface area contributed by atoms with Crippen LogP contribution in [0.3, 0.4) is 0 Å². The molecule has 0 bridgehead atoms. The van der Waals surface area contributed by atoms with Crippen LogP contribution in [0.4, 0.5) is 10.1 Å². The van der Waals surface area contributed by atoms with Crippen molar-refractivity contribution in [2.45, 2.75) is 31.6 Å². The van der Waals surface area contributed by atoms with E-state index in [9.17, 15) is 9.65 Å². The molecule has 2 fully saturated rings. The van der Waals surface area contributed by atoms with Crippen LogP contribution in [0.5, 0.6) is 0 Å². The Morgan fingerprint density at radius 1 is 1.24 bits per heavy atom. The highest BCUT2D eigenvalue weighted by Gasteiger charge is 2.37. The minimum atomic E-state index is -0.843. The second-order valence-corrected chi connectivity index (χ2v) is 9.38. The van der Waals surface area contributed by atoms with Crippen molar-refractivity contribution in [1.82, 2.24) is 20.5 Å². The molecule has 7 heteroatoms. The van der Waals surface area contributed by atoms with Crippen LogP contribution >= 0.6 is 0 Å². The van der Waals surface area contributed by atoms with Gasteiger partial charge in [0.15, 0.2) is 0 Å². The molecular weight excluding hydrogens is 415 g/mol. The summed E-state index contributed by atoms with van der Waals surface area (Å²) in [6.07, 6.45) is 6.19. The number of nitrogens with one attached hydrogen (secondary N) is 2. The maximum atomic E-state index is 14.0. The van der Waals surface area contributed by atoms with E-state index in [-0.39, 0.29) is 6.04 Å². The molecule has 2 saturated heterocycles. The van der Waals surface area contributed by atoms with E-state index < -0.39 is 6.17 Å². The van der Waals surface area contributed by atoms with E-state index in [0.29, 0.717) is 24.7 Å². The summed E-state index contributed by atoms with van der Waals surface area (Å²) in [6.45, 7) is 6.03. The maximum absolute atomic E-state index is 14.0. The highest BCUT2D eigenvalue weighted by atomic mass is 19.1. The SMILES string of the molecule is C[C@@H]1CN(c2ccc(C#N)c3ncccc23)CC2=C3CC=C(N[C@H]4CNC[C@@H]4F)C=C3CN21. The predicted octanol–water partition coefficient (Wildman–Crippen LogP) is 3.00. The largest absolute Gasteiger partial charge is 0.378 e. The van der Waals surface area contributed by atoms with Crippen molar-refractivity contribution in [3.05, 3.63) is 70.7 Å². The number of piperazine rings is 1. The first kappa shape index (κ1) is 20.3. The third kappa shape index (κ3) is 3.37. The van der Waals surface area contributed by atoms with E-state index in [4.69, 9.17) is 0 Å². The number of benzene rings is 1. The van der Waals surface area contributed by atoms with Gasteiger partial charge in [0.05, 0.1) is 23.7 Å². The van der Waals surface area contributed by atoms with Gasteiger partial charge < -0.3 is 20.4 Å². The van der Waals surface area contributed by atoms with Gasteiger partial charge in [-0.3, -0.25) is 4.98 Å². The summed E-state index contributed by atoms with van der Waals surface area (Å²) < 4.78 is 14.0. The van der Waals surface area contributed by atoms with Crippen LogP contribution < -0.4 is 15.5 Å². The number of hydrogen-bond acceptors (Lipinski definition) is 6. The normalized spacial score (nSPS) is 26.6. The molecule has 0 amide bonds. The standard InChI is InChI=1S/C26H27FN6/c1-16-13-32(24-7-4-17(10-28)26-21(24)3-2-8-30-26)15-25-20-6-5-19(9-18(20)14-33(16)25)31-23-12-29-11-22(23)27/h2-5,7-9,16,22-23,29,31H,6,11-15H2,1H3/t16-,22+,23+/m1/s1. The lowest BCUT2D eigenvalue weighted by molar-refractivity contribution is 0.274. The quantitative estimate of drug-likeness (QED) is 0.762. The number of hydrogen-bond donors (Lipinski definition) is 2. The Morgan fingerprint density at radius 2 is 2.15 bits per heavy atom. The second kappa shape index (κ2) is 7.89. The molecule has 6 nitrogen and oxygen atoms in total. The van der Waals surface area contributed by atoms with Gasteiger partial charge in [-0.2, -0.15) is 5.26 Å². The summed E-state index contributed by atoms with van der Waals surface area (Å²) in [7, 11) is 0. The number of halogens is 1. The van der Waals surface area contributed by atoms with E-state index in [1.807, 2.05) is 12.1 Å². The highest BCUT2D eigenvalue weighted by Crippen LogP contribution is 2.40. The monoisotopic (exact) mass is 442 g/mol. The fourth-order valence-electron chi connectivity index (χ4n) is 5.65. The van der Waals surface area contributed by atoms with Gasteiger partial charge in [0, 0.05) is 60.9 Å². The van der Waals surface area contributed by atoms with Crippen molar-refractivity contribution in [2.24, 2.45) is 0 Å². The Kier molecular flexibility index (Phi) is 4.84. The van der Waals surface area contributed by atoms with Gasteiger partial charge in [-0.1, -0.05) is 6.08 Å². The third-order valence-corrected chi connectivity index (χ3v) is 7.34. The summed E-state index contributed by atoms with van der Waals surface area (Å²) >= 11 is 0. The van der Waals surface area contributed by atoms with Crippen LogP contribution in [0.25, 0.3) is 10.9 Å². The first-order valence-electron chi connectivity index (χ1n) is 11.7. The molecule has 168 valence electrons. The van der Waals surface area contributed by atoms with Gasteiger partial charge >= 0.3 is 0 Å². The van der Waals surface area contributed by atoms with Crippen molar-refractivity contribution in [1.29, 1.82) is 5.26 Å². The first-order valence-corrected chi connectivity index (χ1v) is 11.7. The summed E-state index contributed by atoms with van der Waals surface area (Å²) in [4.78, 5) is 9.43. The van der Waals surface area contributed by atoms with Crippen molar-refractivity contribution >= 4 is 16.6 Å². The molecule has 1 aromatic heterocycles. The van der Waals surface area contributed by atoms with Crippen LogP contribution in [0.15, 0.2) is 65.2 Å². The van der Waals surface area contributed by atoms with E-state index >= 15 is 0 Å². The molecule has 3 aliphatic heterocycles. The molecule has 4 aliphatic rings. The van der Waals surface area contributed by atoms with Gasteiger partial charge in [0.2, 0.25) is 0 Å². The van der Waals surface area contributed by atoms with Crippen LogP contribution in [0.1, 0.15) is 18.9 Å². The number of rotatable bonds is 3. The lowest BCUT2D eigenvalue weighted by Gasteiger charge is -2.42. The Hall–Kier alpha value is -3.37. The molecule has 0 spiro atoms. The molecule has 6 rings (SSSR count). The van der Waals surface area contributed by atoms with Gasteiger partial charge in [0.1, 0.15) is 12.2 Å². The smallest absolute Gasteiger partial charge is 0.134 e. The molecule has 1 aromatic carbocycles. The Labute approximate surface area is 193 Å². The van der Waals surface area contributed by atoms with Gasteiger partial charge in [0.25, 0.3) is 0 Å². The average molecular weight is 443 g/mol. The zero-order chi connectivity index (χ0) is 22.5. The highest BCUT2D eigenvalue weighted by molar-refractivity contribution is 5.95. The van der Waals surface area contributed by atoms with E-state index in [2.05, 4.69) is 62.7 Å². The molecule has 0 unspecified atom stereocenters. The number of nitriles is 1. The van der Waals surface area contributed by atoms with E-state index in [1.165, 1.54) is 16.8 Å². The predicted molar refractivity (Wildman–Crippen MR) is 127 cm³/mol. The van der Waals surface area contributed by atoms with Crippen molar-refractivity contribution in [3.8, 4) is 6.07 Å². The number of allylic oxidation sites excluding steroid dienone is 2. The summed E-state index contributed by atoms with van der Waals surface area (Å²) in [5.74, 6) is 0. The van der Waals surface area contributed by atoms with E-state index in [0.717, 1.165) is 48.3 Å². The zero-order valence-electron chi connectivity index (χ0n) is 18.7. The fourth-order valence-corrected chi connectivity index (χ4v) is 5.65. The number of nitrogens with zero attached hydrogens (tertiary/aromatic N) is 4.